The Morgan fingerprint density at radius 2 is 2.27 bits per heavy atom. The topological polar surface area (TPSA) is 66.9 Å². The Bertz CT molecular complexity index is 321. The first-order chi connectivity index (χ1) is 7.36. The van der Waals surface area contributed by atoms with Gasteiger partial charge in [-0.3, -0.25) is 4.79 Å². The van der Waals surface area contributed by atoms with E-state index in [4.69, 9.17) is 0 Å². The molecule has 1 fully saturated rings. The van der Waals surface area contributed by atoms with Gasteiger partial charge in [-0.15, -0.1) is 0 Å². The lowest BCUT2D eigenvalue weighted by molar-refractivity contribution is 0.0930. The maximum Gasteiger partial charge on any atom is 0.254 e. The average molecular weight is 206 g/mol. The van der Waals surface area contributed by atoms with Gasteiger partial charge < -0.3 is 10.6 Å². The van der Waals surface area contributed by atoms with Crippen LogP contribution in [0.25, 0.3) is 0 Å². The molecule has 2 rings (SSSR count). The smallest absolute Gasteiger partial charge is 0.254 e. The van der Waals surface area contributed by atoms with Gasteiger partial charge in [0.25, 0.3) is 5.91 Å². The SMILES string of the molecule is O=C(N[C@H]1CCCNC1)c1cncnc1. The van der Waals surface area contributed by atoms with Crippen LogP contribution in [-0.2, 0) is 0 Å². The molecule has 5 nitrogen and oxygen atoms in total. The summed E-state index contributed by atoms with van der Waals surface area (Å²) >= 11 is 0. The standard InChI is InChI=1S/C10H14N4O/c15-10(8-4-12-7-13-5-8)14-9-2-1-3-11-6-9/h4-5,7,9,11H,1-3,6H2,(H,14,15)/t9-/m0/s1. The molecule has 0 aromatic carbocycles. The maximum atomic E-state index is 11.7. The molecular formula is C10H14N4O. The highest BCUT2D eigenvalue weighted by molar-refractivity contribution is 5.93. The molecule has 1 saturated heterocycles. The van der Waals surface area contributed by atoms with Gasteiger partial charge in [-0.2, -0.15) is 0 Å². The Hall–Kier alpha value is -1.49. The third-order valence-electron chi connectivity index (χ3n) is 2.45. The fourth-order valence-corrected chi connectivity index (χ4v) is 1.66. The van der Waals surface area contributed by atoms with Crippen LogP contribution in [0.3, 0.4) is 0 Å². The van der Waals surface area contributed by atoms with E-state index in [9.17, 15) is 4.79 Å². The van der Waals surface area contributed by atoms with Gasteiger partial charge in [0.15, 0.2) is 0 Å². The zero-order chi connectivity index (χ0) is 10.5. The van der Waals surface area contributed by atoms with Gasteiger partial charge in [-0.05, 0) is 19.4 Å². The first-order valence-electron chi connectivity index (χ1n) is 5.13. The van der Waals surface area contributed by atoms with Crippen molar-refractivity contribution in [2.24, 2.45) is 0 Å². The molecule has 0 spiro atoms. The number of hydrogen-bond acceptors (Lipinski definition) is 4. The minimum atomic E-state index is -0.0932. The minimum absolute atomic E-state index is 0.0932. The summed E-state index contributed by atoms with van der Waals surface area (Å²) in [7, 11) is 0. The van der Waals surface area contributed by atoms with Gasteiger partial charge in [0, 0.05) is 25.0 Å². The normalized spacial score (nSPS) is 20.9. The molecule has 0 aliphatic carbocycles. The van der Waals surface area contributed by atoms with E-state index >= 15 is 0 Å². The van der Waals surface area contributed by atoms with Crippen molar-refractivity contribution in [1.29, 1.82) is 0 Å². The van der Waals surface area contributed by atoms with Crippen molar-refractivity contribution in [3.05, 3.63) is 24.3 Å². The molecule has 15 heavy (non-hydrogen) atoms. The zero-order valence-electron chi connectivity index (χ0n) is 8.44. The van der Waals surface area contributed by atoms with Crippen molar-refractivity contribution in [3.63, 3.8) is 0 Å². The van der Waals surface area contributed by atoms with E-state index in [0.29, 0.717) is 5.56 Å². The average Bonchev–Trinajstić information content (AvgIpc) is 2.31. The Balaban J connectivity index is 1.91. The number of nitrogens with zero attached hydrogens (tertiary/aromatic N) is 2. The minimum Gasteiger partial charge on any atom is -0.348 e. The van der Waals surface area contributed by atoms with Crippen LogP contribution < -0.4 is 10.6 Å². The molecule has 1 aliphatic heterocycles. The number of aromatic nitrogens is 2. The van der Waals surface area contributed by atoms with E-state index < -0.39 is 0 Å². The summed E-state index contributed by atoms with van der Waals surface area (Å²) in [6.07, 6.45) is 6.61. The quantitative estimate of drug-likeness (QED) is 0.712. The molecule has 1 aromatic heterocycles. The van der Waals surface area contributed by atoms with E-state index in [-0.39, 0.29) is 11.9 Å². The summed E-state index contributed by atoms with van der Waals surface area (Å²) in [6, 6.07) is 0.228. The van der Waals surface area contributed by atoms with Crippen molar-refractivity contribution in [1.82, 2.24) is 20.6 Å². The van der Waals surface area contributed by atoms with Crippen molar-refractivity contribution in [2.45, 2.75) is 18.9 Å². The Labute approximate surface area is 88.3 Å². The Kier molecular flexibility index (Phi) is 3.24. The number of rotatable bonds is 2. The third-order valence-corrected chi connectivity index (χ3v) is 2.45. The molecule has 0 bridgehead atoms. The number of piperidine rings is 1. The second kappa shape index (κ2) is 4.84. The summed E-state index contributed by atoms with van der Waals surface area (Å²) in [5.41, 5.74) is 0.517. The summed E-state index contributed by atoms with van der Waals surface area (Å²) < 4.78 is 0. The molecule has 2 heterocycles. The van der Waals surface area contributed by atoms with Crippen molar-refractivity contribution in [3.8, 4) is 0 Å². The van der Waals surface area contributed by atoms with E-state index in [1.54, 1.807) is 0 Å². The van der Waals surface area contributed by atoms with Gasteiger partial charge in [-0.25, -0.2) is 9.97 Å². The molecule has 0 saturated carbocycles. The van der Waals surface area contributed by atoms with Crippen LogP contribution in [0, 0.1) is 0 Å². The van der Waals surface area contributed by atoms with Crippen LogP contribution >= 0.6 is 0 Å². The van der Waals surface area contributed by atoms with Crippen LogP contribution in [0.1, 0.15) is 23.2 Å². The maximum absolute atomic E-state index is 11.7. The summed E-state index contributed by atoms with van der Waals surface area (Å²) in [5.74, 6) is -0.0932. The molecule has 0 unspecified atom stereocenters. The Morgan fingerprint density at radius 3 is 2.93 bits per heavy atom. The zero-order valence-corrected chi connectivity index (χ0v) is 8.44. The highest BCUT2D eigenvalue weighted by atomic mass is 16.1. The molecular weight excluding hydrogens is 192 g/mol. The summed E-state index contributed by atoms with van der Waals surface area (Å²) in [4.78, 5) is 19.3. The second-order valence-electron chi connectivity index (χ2n) is 3.64. The number of nitrogens with one attached hydrogen (secondary N) is 2. The fourth-order valence-electron chi connectivity index (χ4n) is 1.66. The van der Waals surface area contributed by atoms with E-state index in [1.807, 2.05) is 0 Å². The number of carbonyl (C=O) groups excluding carboxylic acids is 1. The Morgan fingerprint density at radius 1 is 1.47 bits per heavy atom. The first-order valence-corrected chi connectivity index (χ1v) is 5.13. The van der Waals surface area contributed by atoms with Crippen LogP contribution in [-0.4, -0.2) is 35.0 Å². The third kappa shape index (κ3) is 2.73. The van der Waals surface area contributed by atoms with Crippen molar-refractivity contribution < 1.29 is 4.79 Å². The van der Waals surface area contributed by atoms with Gasteiger partial charge in [0.1, 0.15) is 6.33 Å². The molecule has 1 aliphatic rings. The molecule has 0 radical (unpaired) electrons. The predicted molar refractivity (Wildman–Crippen MR) is 55.4 cm³/mol. The molecule has 1 atom stereocenters. The number of hydrogen-bond donors (Lipinski definition) is 2. The van der Waals surface area contributed by atoms with Crippen LogP contribution in [0.2, 0.25) is 0 Å². The molecule has 1 aromatic rings. The van der Waals surface area contributed by atoms with Crippen LogP contribution in [0.4, 0.5) is 0 Å². The number of amides is 1. The van der Waals surface area contributed by atoms with Gasteiger partial charge in [0.05, 0.1) is 5.56 Å². The van der Waals surface area contributed by atoms with Crippen LogP contribution in [0.5, 0.6) is 0 Å². The molecule has 80 valence electrons. The fraction of sp³-hybridized carbons (Fsp3) is 0.500. The van der Waals surface area contributed by atoms with E-state index in [2.05, 4.69) is 20.6 Å². The monoisotopic (exact) mass is 206 g/mol. The van der Waals surface area contributed by atoms with E-state index in [0.717, 1.165) is 25.9 Å². The first kappa shape index (κ1) is 10.0. The largest absolute Gasteiger partial charge is 0.348 e. The lowest BCUT2D eigenvalue weighted by Gasteiger charge is -2.23. The number of carbonyl (C=O) groups is 1. The van der Waals surface area contributed by atoms with Crippen LogP contribution in [0.15, 0.2) is 18.7 Å². The predicted octanol–water partition coefficient (Wildman–Crippen LogP) is -0.0416. The van der Waals surface area contributed by atoms with Gasteiger partial charge >= 0.3 is 0 Å². The molecule has 2 N–H and O–H groups in total. The van der Waals surface area contributed by atoms with Crippen molar-refractivity contribution >= 4 is 5.91 Å². The molecule has 5 heteroatoms. The van der Waals surface area contributed by atoms with Crippen molar-refractivity contribution in [2.75, 3.05) is 13.1 Å². The highest BCUT2D eigenvalue weighted by Gasteiger charge is 2.16. The van der Waals surface area contributed by atoms with E-state index in [1.165, 1.54) is 18.7 Å². The van der Waals surface area contributed by atoms with Gasteiger partial charge in [-0.1, -0.05) is 0 Å². The lowest BCUT2D eigenvalue weighted by atomic mass is 10.1. The highest BCUT2D eigenvalue weighted by Crippen LogP contribution is 2.02. The summed E-state index contributed by atoms with van der Waals surface area (Å²) in [6.45, 7) is 1.89. The lowest BCUT2D eigenvalue weighted by Crippen LogP contribution is -2.45. The second-order valence-corrected chi connectivity index (χ2v) is 3.64. The van der Waals surface area contributed by atoms with Gasteiger partial charge in [0.2, 0.25) is 0 Å². The summed E-state index contributed by atoms with van der Waals surface area (Å²) in [5, 5.41) is 6.20. The molecule has 1 amide bonds.